The molecule has 0 heterocycles. The van der Waals surface area contributed by atoms with Gasteiger partial charge in [0.25, 0.3) is 0 Å². The molecule has 6 heteroatoms. The lowest BCUT2D eigenvalue weighted by Gasteiger charge is -2.07. The van der Waals surface area contributed by atoms with E-state index in [2.05, 4.69) is 4.74 Å². The molecule has 0 saturated heterocycles. The largest absolute Gasteiger partial charge is 0.466 e. The van der Waals surface area contributed by atoms with Gasteiger partial charge in [0.05, 0.1) is 6.61 Å². The standard InChI is InChI=1S/C12H13F3O3/c1-2-17-11(16)6-4-8-3-5-9(7-10(8)13)18-12(14)15/h3,5,7,12H,2,4,6H2,1H3. The normalized spacial score (nSPS) is 10.5. The number of carbonyl (C=O) groups excluding carboxylic acids is 1. The van der Waals surface area contributed by atoms with E-state index >= 15 is 0 Å². The van der Waals surface area contributed by atoms with Crippen molar-refractivity contribution in [3.63, 3.8) is 0 Å². The molecule has 0 aliphatic rings. The average Bonchev–Trinajstić information content (AvgIpc) is 2.27. The Morgan fingerprint density at radius 3 is 2.67 bits per heavy atom. The van der Waals surface area contributed by atoms with Crippen LogP contribution in [0.1, 0.15) is 18.9 Å². The molecule has 0 amide bonds. The summed E-state index contributed by atoms with van der Waals surface area (Å²) in [6.07, 6.45) is 0.194. The van der Waals surface area contributed by atoms with Crippen molar-refractivity contribution in [2.75, 3.05) is 6.61 Å². The van der Waals surface area contributed by atoms with Gasteiger partial charge in [-0.1, -0.05) is 6.07 Å². The van der Waals surface area contributed by atoms with Crippen molar-refractivity contribution in [3.8, 4) is 5.75 Å². The lowest BCUT2D eigenvalue weighted by atomic mass is 10.1. The van der Waals surface area contributed by atoms with Crippen molar-refractivity contribution in [1.29, 1.82) is 0 Å². The number of alkyl halides is 2. The molecule has 0 atom stereocenters. The monoisotopic (exact) mass is 262 g/mol. The molecule has 1 aromatic carbocycles. The Hall–Kier alpha value is -1.72. The minimum absolute atomic E-state index is 0.0415. The van der Waals surface area contributed by atoms with Gasteiger partial charge in [-0.05, 0) is 25.0 Å². The molecule has 0 aliphatic heterocycles. The molecule has 1 aromatic rings. The number of carbonyl (C=O) groups is 1. The quantitative estimate of drug-likeness (QED) is 0.739. The summed E-state index contributed by atoms with van der Waals surface area (Å²) in [7, 11) is 0. The minimum atomic E-state index is -2.99. The first kappa shape index (κ1) is 14.3. The van der Waals surface area contributed by atoms with Crippen LogP contribution in [0.15, 0.2) is 18.2 Å². The van der Waals surface area contributed by atoms with Gasteiger partial charge in [0.15, 0.2) is 0 Å². The summed E-state index contributed by atoms with van der Waals surface area (Å²) in [6.45, 7) is -1.05. The molecule has 0 saturated carbocycles. The van der Waals surface area contributed by atoms with E-state index in [1.807, 2.05) is 0 Å². The van der Waals surface area contributed by atoms with E-state index in [-0.39, 0.29) is 30.8 Å². The van der Waals surface area contributed by atoms with Gasteiger partial charge >= 0.3 is 12.6 Å². The fourth-order valence-corrected chi connectivity index (χ4v) is 1.38. The highest BCUT2D eigenvalue weighted by atomic mass is 19.3. The molecule has 0 aliphatic carbocycles. The Bertz CT molecular complexity index is 408. The fourth-order valence-electron chi connectivity index (χ4n) is 1.38. The first-order chi connectivity index (χ1) is 8.52. The van der Waals surface area contributed by atoms with Gasteiger partial charge in [-0.3, -0.25) is 4.79 Å². The van der Waals surface area contributed by atoms with Crippen molar-refractivity contribution in [2.45, 2.75) is 26.4 Å². The second-order valence-electron chi connectivity index (χ2n) is 3.44. The lowest BCUT2D eigenvalue weighted by Crippen LogP contribution is -2.06. The van der Waals surface area contributed by atoms with Crippen LogP contribution in [-0.2, 0) is 16.0 Å². The number of aryl methyl sites for hydroxylation is 1. The maximum absolute atomic E-state index is 13.5. The zero-order chi connectivity index (χ0) is 13.5. The van der Waals surface area contributed by atoms with E-state index in [1.165, 1.54) is 12.1 Å². The number of halogens is 3. The molecule has 1 rings (SSSR count). The highest BCUT2D eigenvalue weighted by Gasteiger charge is 2.10. The van der Waals surface area contributed by atoms with Crippen molar-refractivity contribution in [1.82, 2.24) is 0 Å². The summed E-state index contributed by atoms with van der Waals surface area (Å²) >= 11 is 0. The molecule has 3 nitrogen and oxygen atoms in total. The van der Waals surface area contributed by atoms with E-state index in [9.17, 15) is 18.0 Å². The van der Waals surface area contributed by atoms with Gasteiger partial charge in [-0.25, -0.2) is 4.39 Å². The van der Waals surface area contributed by atoms with Crippen LogP contribution < -0.4 is 4.74 Å². The molecule has 0 unspecified atom stereocenters. The highest BCUT2D eigenvalue weighted by Crippen LogP contribution is 2.19. The van der Waals surface area contributed by atoms with Crippen LogP contribution in [0.2, 0.25) is 0 Å². The van der Waals surface area contributed by atoms with Gasteiger partial charge in [-0.2, -0.15) is 8.78 Å². The number of ether oxygens (including phenoxy) is 2. The first-order valence-electron chi connectivity index (χ1n) is 5.41. The number of esters is 1. The summed E-state index contributed by atoms with van der Waals surface area (Å²) in [5, 5.41) is 0. The third-order valence-corrected chi connectivity index (χ3v) is 2.15. The molecular weight excluding hydrogens is 249 g/mol. The zero-order valence-electron chi connectivity index (χ0n) is 9.79. The predicted molar refractivity (Wildman–Crippen MR) is 58.0 cm³/mol. The van der Waals surface area contributed by atoms with Gasteiger partial charge in [0, 0.05) is 12.5 Å². The summed E-state index contributed by atoms with van der Waals surface area (Å²) in [5.74, 6) is -1.36. The van der Waals surface area contributed by atoms with Crippen LogP contribution in [0.5, 0.6) is 5.75 Å². The smallest absolute Gasteiger partial charge is 0.387 e. The SMILES string of the molecule is CCOC(=O)CCc1ccc(OC(F)F)cc1F. The minimum Gasteiger partial charge on any atom is -0.466 e. The first-order valence-corrected chi connectivity index (χ1v) is 5.41. The summed E-state index contributed by atoms with van der Waals surface area (Å²) in [6, 6.07) is 3.41. The van der Waals surface area contributed by atoms with Gasteiger partial charge in [0.1, 0.15) is 11.6 Å². The van der Waals surface area contributed by atoms with E-state index in [0.717, 1.165) is 6.07 Å². The predicted octanol–water partition coefficient (Wildman–Crippen LogP) is 2.92. The number of hydrogen-bond acceptors (Lipinski definition) is 3. The van der Waals surface area contributed by atoms with E-state index in [4.69, 9.17) is 4.74 Å². The summed E-state index contributed by atoms with van der Waals surface area (Å²) < 4.78 is 46.0. The van der Waals surface area contributed by atoms with Gasteiger partial charge < -0.3 is 9.47 Å². The Balaban J connectivity index is 2.59. The molecule has 100 valence electrons. The number of rotatable bonds is 6. The Morgan fingerprint density at radius 2 is 2.11 bits per heavy atom. The zero-order valence-corrected chi connectivity index (χ0v) is 9.79. The lowest BCUT2D eigenvalue weighted by molar-refractivity contribution is -0.143. The van der Waals surface area contributed by atoms with E-state index < -0.39 is 18.4 Å². The fraction of sp³-hybridized carbons (Fsp3) is 0.417. The molecule has 0 spiro atoms. The third kappa shape index (κ3) is 4.65. The summed E-state index contributed by atoms with van der Waals surface area (Å²) in [5.41, 5.74) is 0.254. The molecule has 0 N–H and O–H groups in total. The Kier molecular flexibility index (Phi) is 5.48. The van der Waals surface area contributed by atoms with Crippen molar-refractivity contribution < 1.29 is 27.4 Å². The van der Waals surface area contributed by atoms with Crippen molar-refractivity contribution in [3.05, 3.63) is 29.6 Å². The van der Waals surface area contributed by atoms with Crippen molar-refractivity contribution in [2.24, 2.45) is 0 Å². The van der Waals surface area contributed by atoms with Crippen LogP contribution in [0.3, 0.4) is 0 Å². The second-order valence-corrected chi connectivity index (χ2v) is 3.44. The van der Waals surface area contributed by atoms with Crippen LogP contribution in [0.4, 0.5) is 13.2 Å². The molecular formula is C12H13F3O3. The maximum atomic E-state index is 13.5. The topological polar surface area (TPSA) is 35.5 Å². The third-order valence-electron chi connectivity index (χ3n) is 2.15. The van der Waals surface area contributed by atoms with Crippen molar-refractivity contribution >= 4 is 5.97 Å². The molecule has 0 bridgehead atoms. The van der Waals surface area contributed by atoms with Crippen LogP contribution in [0.25, 0.3) is 0 Å². The van der Waals surface area contributed by atoms with E-state index in [1.54, 1.807) is 6.92 Å². The molecule has 0 aromatic heterocycles. The average molecular weight is 262 g/mol. The van der Waals surface area contributed by atoms with Crippen LogP contribution in [0, 0.1) is 5.82 Å². The molecule has 0 fully saturated rings. The van der Waals surface area contributed by atoms with E-state index in [0.29, 0.717) is 0 Å². The van der Waals surface area contributed by atoms with Gasteiger partial charge in [0.2, 0.25) is 0 Å². The maximum Gasteiger partial charge on any atom is 0.387 e. The Labute approximate surface area is 103 Å². The van der Waals surface area contributed by atoms with Gasteiger partial charge in [-0.15, -0.1) is 0 Å². The number of hydrogen-bond donors (Lipinski definition) is 0. The molecule has 0 radical (unpaired) electrons. The molecule has 18 heavy (non-hydrogen) atoms. The number of benzene rings is 1. The highest BCUT2D eigenvalue weighted by molar-refractivity contribution is 5.69. The summed E-state index contributed by atoms with van der Waals surface area (Å²) in [4.78, 5) is 11.1. The second kappa shape index (κ2) is 6.88. The van der Waals surface area contributed by atoms with Crippen LogP contribution in [-0.4, -0.2) is 19.2 Å². The van der Waals surface area contributed by atoms with Crippen LogP contribution >= 0.6 is 0 Å². The Morgan fingerprint density at radius 1 is 1.39 bits per heavy atom.